The maximum absolute atomic E-state index is 2.40. The Morgan fingerprint density at radius 3 is 0.953 bits per heavy atom. The van der Waals surface area contributed by atoms with Gasteiger partial charge in [-0.25, -0.2) is 0 Å². The van der Waals surface area contributed by atoms with E-state index in [9.17, 15) is 0 Å². The molecule has 1 saturated carbocycles. The highest BCUT2D eigenvalue weighted by molar-refractivity contribution is 5.93. The summed E-state index contributed by atoms with van der Waals surface area (Å²) in [6.07, 6.45) is 2.89. The molecule has 1 aliphatic carbocycles. The molecule has 4 atom stereocenters. The topological polar surface area (TPSA) is 0 Å². The van der Waals surface area contributed by atoms with Crippen LogP contribution in [0.25, 0.3) is 43.1 Å². The van der Waals surface area contributed by atoms with Gasteiger partial charge in [-0.2, -0.15) is 0 Å². The summed E-state index contributed by atoms with van der Waals surface area (Å²) in [4.78, 5) is 0. The predicted octanol–water partition coefficient (Wildman–Crippen LogP) is 32.8. The smallest absolute Gasteiger partial charge is 0.0120 e. The molecule has 0 spiro atoms. The second-order valence-electron chi connectivity index (χ2n) is 34.9. The standard InChI is InChI=1S/4C14H16.C10H20.3C10H14.C6H12.C5H12/c1-9-5-7-14-12(4)10(2)6-8-13(14)11(9)3;1-9-5-6-14-12(4)11(3)10(2)8-13(14)7-9;1-9-7-8-13-10(2)5-6-11(3)14(13)12(9)4;1-9-6-5-7-13-12(4)10(2)8-11(3)14(9)13;2*1-7-5-9(3)10(4)6-8(7)2;1-7-5-8(2)10(4)9(3)6-7;1-7-5-6-8(2)10(4)9(7)3;1-5(2)6(3)4;1-5(2,3)4/h4*5-8H,1-4H3;7-10H,5-6H2,1-4H3;3*5-6H,1-4H3;1-4H3;1-4H3. The summed E-state index contributed by atoms with van der Waals surface area (Å²) in [7, 11) is 0. The predicted molar refractivity (Wildman–Crippen MR) is 488 cm³/mol. The third-order valence-electron chi connectivity index (χ3n) is 23.6. The van der Waals surface area contributed by atoms with Crippen LogP contribution in [0, 0.1) is 223 Å². The molecular weight excluding hydrogens is 1290 g/mol. The lowest BCUT2D eigenvalue weighted by Crippen LogP contribution is -2.25. The average Bonchev–Trinajstić information content (AvgIpc) is 0.806. The maximum atomic E-state index is 2.40. The summed E-state index contributed by atoms with van der Waals surface area (Å²) in [5.74, 6) is 3.86. The van der Waals surface area contributed by atoms with E-state index in [-0.39, 0.29) is 0 Å². The normalized spacial score (nSPS) is 14.1. The Kier molecular flexibility index (Phi) is 36.9. The van der Waals surface area contributed by atoms with E-state index in [4.69, 9.17) is 0 Å². The van der Waals surface area contributed by atoms with Crippen LogP contribution in [0.2, 0.25) is 0 Å². The summed E-state index contributed by atoms with van der Waals surface area (Å²) in [5, 5.41) is 11.2. The number of aryl methyl sites for hydroxylation is 24. The van der Waals surface area contributed by atoms with Crippen molar-refractivity contribution in [1.82, 2.24) is 0 Å². The minimum absolute atomic E-state index is 0.500. The minimum Gasteiger partial charge on any atom is -0.0778 e. The van der Waals surface area contributed by atoms with E-state index in [0.717, 1.165) is 23.7 Å². The van der Waals surface area contributed by atoms with Gasteiger partial charge in [-0.15, -0.1) is 0 Å². The molecule has 578 valence electrons. The van der Waals surface area contributed by atoms with Gasteiger partial charge in [0, 0.05) is 0 Å². The molecule has 107 heavy (non-hydrogen) atoms. The third-order valence-corrected chi connectivity index (χ3v) is 23.6. The highest BCUT2D eigenvalue weighted by Crippen LogP contribution is 2.37. The van der Waals surface area contributed by atoms with Crippen molar-refractivity contribution >= 4 is 43.1 Å². The van der Waals surface area contributed by atoms with Gasteiger partial charge in [-0.3, -0.25) is 0 Å². The summed E-state index contributed by atoms with van der Waals surface area (Å²) in [6.45, 7) is 87.7. The highest BCUT2D eigenvalue weighted by atomic mass is 14.3. The molecule has 0 aromatic heterocycles. The van der Waals surface area contributed by atoms with Gasteiger partial charge in [-0.05, 0) is 451 Å². The van der Waals surface area contributed by atoms with Crippen molar-refractivity contribution in [1.29, 1.82) is 0 Å². The number of benzene rings is 11. The number of allylic oxidation sites excluding steroid dienone is 2. The first-order chi connectivity index (χ1) is 49.5. The van der Waals surface area contributed by atoms with Gasteiger partial charge in [0.1, 0.15) is 0 Å². The average molecular weight is 1440 g/mol. The molecule has 0 heteroatoms. The summed E-state index contributed by atoms with van der Waals surface area (Å²) in [6, 6.07) is 48.8. The Morgan fingerprint density at radius 1 is 0.224 bits per heavy atom. The van der Waals surface area contributed by atoms with Crippen molar-refractivity contribution < 1.29 is 0 Å². The fourth-order valence-electron chi connectivity index (χ4n) is 13.8. The van der Waals surface area contributed by atoms with E-state index >= 15 is 0 Å². The van der Waals surface area contributed by atoms with Gasteiger partial charge in [0.05, 0.1) is 0 Å². The monoisotopic (exact) mass is 1440 g/mol. The van der Waals surface area contributed by atoms with Gasteiger partial charge in [0.25, 0.3) is 0 Å². The largest absolute Gasteiger partial charge is 0.0778 e. The van der Waals surface area contributed by atoms with Crippen LogP contribution >= 0.6 is 0 Å². The summed E-state index contributed by atoms with van der Waals surface area (Å²) in [5.41, 5.74) is 42.4. The second kappa shape index (κ2) is 42.2. The molecule has 0 amide bonds. The SMILES string of the molecule is CC(C)(C)C.CC(C)=C(C)C.CC1CC(C)C(C)CC1C.Cc1cc(C)c(C)c(C)c1.Cc1cc(C)c(C)cc1C.Cc1cc(C)c2c(C)cccc2c1C.Cc1ccc(C)c(C)c1C.Cc1ccc2c(C)c(C)c(C)cc2c1.Cc1ccc2c(C)c(C)ccc2c1C.Cc1ccc2c(C)ccc(C)c2c1C. The van der Waals surface area contributed by atoms with Crippen molar-refractivity contribution in [3.8, 4) is 0 Å². The van der Waals surface area contributed by atoms with Gasteiger partial charge in [0.15, 0.2) is 0 Å². The van der Waals surface area contributed by atoms with Crippen molar-refractivity contribution in [2.24, 2.45) is 29.1 Å². The molecule has 0 saturated heterocycles. The van der Waals surface area contributed by atoms with Crippen molar-refractivity contribution in [2.45, 2.75) is 290 Å². The zero-order valence-corrected chi connectivity index (χ0v) is 75.9. The van der Waals surface area contributed by atoms with Gasteiger partial charge in [0.2, 0.25) is 0 Å². The molecule has 4 unspecified atom stereocenters. The van der Waals surface area contributed by atoms with Crippen LogP contribution in [0.15, 0.2) is 145 Å². The van der Waals surface area contributed by atoms with Gasteiger partial charge in [-0.1, -0.05) is 211 Å². The molecule has 1 fully saturated rings. The molecule has 0 heterocycles. The molecule has 0 N–H and O–H groups in total. The molecule has 0 bridgehead atoms. The first-order valence-corrected chi connectivity index (χ1v) is 40.1. The van der Waals surface area contributed by atoms with Crippen LogP contribution in [0.5, 0.6) is 0 Å². The lowest BCUT2D eigenvalue weighted by Gasteiger charge is -2.35. The van der Waals surface area contributed by atoms with Crippen molar-refractivity contribution in [3.63, 3.8) is 0 Å². The quantitative estimate of drug-likeness (QED) is 0.133. The summed E-state index contributed by atoms with van der Waals surface area (Å²) < 4.78 is 0. The number of hydrogen-bond donors (Lipinski definition) is 0. The van der Waals surface area contributed by atoms with E-state index < -0.39 is 0 Å². The van der Waals surface area contributed by atoms with Crippen LogP contribution < -0.4 is 0 Å². The highest BCUT2D eigenvalue weighted by Gasteiger charge is 2.27. The van der Waals surface area contributed by atoms with E-state index in [1.54, 1.807) is 0 Å². The molecule has 0 aliphatic heterocycles. The van der Waals surface area contributed by atoms with Crippen LogP contribution in [-0.2, 0) is 0 Å². The Balaban J connectivity index is 0.000000312. The van der Waals surface area contributed by atoms with Crippen molar-refractivity contribution in [2.75, 3.05) is 0 Å². The lowest BCUT2D eigenvalue weighted by atomic mass is 9.71. The van der Waals surface area contributed by atoms with E-state index in [1.165, 1.54) is 223 Å². The Labute approximate surface area is 658 Å². The fourth-order valence-corrected chi connectivity index (χ4v) is 13.8. The molecule has 0 nitrogen and oxygen atoms in total. The van der Waals surface area contributed by atoms with Gasteiger partial charge < -0.3 is 0 Å². The Morgan fingerprint density at radius 2 is 0.533 bits per heavy atom. The molecule has 11 aromatic carbocycles. The lowest BCUT2D eigenvalue weighted by molar-refractivity contribution is 0.157. The van der Waals surface area contributed by atoms with Crippen molar-refractivity contribution in [3.05, 3.63) is 300 Å². The van der Waals surface area contributed by atoms with Gasteiger partial charge >= 0.3 is 0 Å². The number of rotatable bonds is 0. The second-order valence-corrected chi connectivity index (χ2v) is 34.9. The van der Waals surface area contributed by atoms with E-state index in [0.29, 0.717) is 5.41 Å². The van der Waals surface area contributed by atoms with Crippen LogP contribution in [0.1, 0.15) is 252 Å². The maximum Gasteiger partial charge on any atom is -0.0120 e. The molecule has 12 rings (SSSR count). The fraction of sp³-hybridized carbons (Fsp3) is 0.439. The molecule has 0 radical (unpaired) electrons. The first kappa shape index (κ1) is 93.4. The number of fused-ring (bicyclic) bond motifs is 4. The minimum atomic E-state index is 0.500. The Hall–Kier alpha value is -7.80. The molecular formula is C107H150. The van der Waals surface area contributed by atoms with Crippen LogP contribution in [0.3, 0.4) is 0 Å². The molecule has 11 aromatic rings. The zero-order chi connectivity index (χ0) is 81.7. The molecule has 1 aliphatic rings. The first-order valence-electron chi connectivity index (χ1n) is 40.1. The third kappa shape index (κ3) is 28.0. The van der Waals surface area contributed by atoms with E-state index in [2.05, 4.69) is 410 Å². The van der Waals surface area contributed by atoms with Crippen LogP contribution in [0.4, 0.5) is 0 Å². The number of hydrogen-bond acceptors (Lipinski definition) is 0. The Bertz CT molecular complexity index is 4590. The van der Waals surface area contributed by atoms with E-state index in [1.807, 2.05) is 0 Å². The zero-order valence-electron chi connectivity index (χ0n) is 75.9. The summed E-state index contributed by atoms with van der Waals surface area (Å²) >= 11 is 0. The van der Waals surface area contributed by atoms with Crippen LogP contribution in [-0.4, -0.2) is 0 Å².